The number of ether oxygens (including phenoxy) is 1. The van der Waals surface area contributed by atoms with Crippen molar-refractivity contribution in [2.45, 2.75) is 26.8 Å². The zero-order valence-electron chi connectivity index (χ0n) is 16.5. The number of pyridine rings is 1. The Bertz CT molecular complexity index is 1300. The third-order valence-electron chi connectivity index (χ3n) is 4.56. The number of halogens is 3. The van der Waals surface area contributed by atoms with Crippen LogP contribution in [0.4, 0.5) is 19.0 Å². The molecule has 0 bridgehead atoms. The van der Waals surface area contributed by atoms with Crippen LogP contribution in [0.2, 0.25) is 0 Å². The molecule has 0 amide bonds. The lowest BCUT2D eigenvalue weighted by Crippen LogP contribution is -2.19. The summed E-state index contributed by atoms with van der Waals surface area (Å²) in [7, 11) is 0. The van der Waals surface area contributed by atoms with E-state index in [1.165, 1.54) is 30.6 Å². The van der Waals surface area contributed by atoms with Crippen molar-refractivity contribution in [3.8, 4) is 17.1 Å². The third kappa shape index (κ3) is 4.49. The number of benzene rings is 1. The van der Waals surface area contributed by atoms with Crippen LogP contribution in [0.3, 0.4) is 0 Å². The number of nitrogens with one attached hydrogen (secondary N) is 3. The number of rotatable bonds is 5. The first-order valence-electron chi connectivity index (χ1n) is 9.20. The number of imidazole rings is 1. The highest BCUT2D eigenvalue weighted by molar-refractivity contribution is 5.84. The first-order chi connectivity index (χ1) is 14.7. The molecule has 8 nitrogen and oxygen atoms in total. The van der Waals surface area contributed by atoms with Crippen LogP contribution in [0, 0.1) is 13.8 Å². The van der Waals surface area contributed by atoms with Crippen molar-refractivity contribution in [3.05, 3.63) is 63.8 Å². The summed E-state index contributed by atoms with van der Waals surface area (Å²) in [5, 5.41) is 3.13. The second kappa shape index (κ2) is 7.74. The van der Waals surface area contributed by atoms with Crippen molar-refractivity contribution >= 4 is 17.0 Å². The summed E-state index contributed by atoms with van der Waals surface area (Å²) in [6, 6.07) is 7.09. The molecule has 0 aliphatic carbocycles. The van der Waals surface area contributed by atoms with E-state index in [1.807, 2.05) is 19.9 Å². The second-order valence-electron chi connectivity index (χ2n) is 6.87. The Morgan fingerprint density at radius 3 is 2.55 bits per heavy atom. The molecular weight excluding hydrogens is 413 g/mol. The van der Waals surface area contributed by atoms with E-state index in [2.05, 4.69) is 35.0 Å². The highest BCUT2D eigenvalue weighted by Gasteiger charge is 2.31. The minimum absolute atomic E-state index is 0.194. The number of aryl methyl sites for hydroxylation is 2. The molecule has 4 rings (SSSR count). The summed E-state index contributed by atoms with van der Waals surface area (Å²) in [6.45, 7) is 3.87. The lowest BCUT2D eigenvalue weighted by molar-refractivity contribution is -0.274. The van der Waals surface area contributed by atoms with E-state index >= 15 is 0 Å². The summed E-state index contributed by atoms with van der Waals surface area (Å²) in [5.74, 6) is 0.326. The van der Waals surface area contributed by atoms with E-state index in [0.29, 0.717) is 28.1 Å². The fourth-order valence-electron chi connectivity index (χ4n) is 3.17. The molecule has 1 aromatic carbocycles. The van der Waals surface area contributed by atoms with Gasteiger partial charge >= 0.3 is 6.36 Å². The van der Waals surface area contributed by atoms with E-state index in [9.17, 15) is 18.0 Å². The first-order valence-corrected chi connectivity index (χ1v) is 9.20. The molecular formula is C20H17F3N6O2. The van der Waals surface area contributed by atoms with E-state index < -0.39 is 6.36 Å². The van der Waals surface area contributed by atoms with Gasteiger partial charge in [-0.2, -0.15) is 0 Å². The number of anilines is 1. The van der Waals surface area contributed by atoms with E-state index in [-0.39, 0.29) is 23.7 Å². The van der Waals surface area contributed by atoms with Gasteiger partial charge in [0.15, 0.2) is 17.3 Å². The number of aromatic amines is 2. The lowest BCUT2D eigenvalue weighted by Gasteiger charge is -2.11. The molecule has 0 saturated heterocycles. The molecule has 160 valence electrons. The molecule has 3 N–H and O–H groups in total. The van der Waals surface area contributed by atoms with Gasteiger partial charge in [0.25, 0.3) is 5.56 Å². The molecule has 4 aromatic rings. The van der Waals surface area contributed by atoms with Crippen LogP contribution < -0.4 is 15.6 Å². The number of hydrogen-bond donors (Lipinski definition) is 3. The average Bonchev–Trinajstić information content (AvgIpc) is 3.15. The van der Waals surface area contributed by atoms with Crippen LogP contribution in [0.15, 0.2) is 41.5 Å². The molecule has 0 saturated carbocycles. The first kappa shape index (κ1) is 20.4. The molecule has 0 aliphatic rings. The van der Waals surface area contributed by atoms with Crippen molar-refractivity contribution < 1.29 is 17.9 Å². The monoisotopic (exact) mass is 430 g/mol. The maximum Gasteiger partial charge on any atom is 0.573 e. The quantitative estimate of drug-likeness (QED) is 0.444. The highest BCUT2D eigenvalue weighted by atomic mass is 19.4. The molecule has 0 unspecified atom stereocenters. The Morgan fingerprint density at radius 1 is 1.13 bits per heavy atom. The molecule has 0 atom stereocenters. The number of aromatic nitrogens is 5. The zero-order chi connectivity index (χ0) is 22.2. The Kier molecular flexibility index (Phi) is 5.09. The maximum absolute atomic E-state index is 12.4. The van der Waals surface area contributed by atoms with Gasteiger partial charge in [-0.25, -0.2) is 15.0 Å². The van der Waals surface area contributed by atoms with E-state index in [0.717, 1.165) is 11.3 Å². The van der Waals surface area contributed by atoms with Gasteiger partial charge in [-0.1, -0.05) is 0 Å². The van der Waals surface area contributed by atoms with Crippen molar-refractivity contribution in [3.63, 3.8) is 0 Å². The van der Waals surface area contributed by atoms with Crippen LogP contribution in [-0.4, -0.2) is 31.3 Å². The Labute approximate surface area is 173 Å². The topological polar surface area (TPSA) is 109 Å². The van der Waals surface area contributed by atoms with Crippen LogP contribution in [0.5, 0.6) is 5.75 Å². The molecule has 0 spiro atoms. The van der Waals surface area contributed by atoms with Gasteiger partial charge < -0.3 is 20.0 Å². The second-order valence-corrected chi connectivity index (χ2v) is 6.87. The minimum Gasteiger partial charge on any atom is -0.406 e. The third-order valence-corrected chi connectivity index (χ3v) is 4.56. The van der Waals surface area contributed by atoms with Gasteiger partial charge in [0.1, 0.15) is 11.3 Å². The van der Waals surface area contributed by atoms with Crippen molar-refractivity contribution in [2.24, 2.45) is 0 Å². The SMILES string of the molecule is Cc1cc(C)c(CNc2nc(-c3ccc(OC(F)(F)F)cc3)nc3nc[nH]c23)c(=O)[nH]1. The zero-order valence-corrected chi connectivity index (χ0v) is 16.5. The summed E-state index contributed by atoms with van der Waals surface area (Å²) in [6.07, 6.45) is -3.31. The van der Waals surface area contributed by atoms with Crippen molar-refractivity contribution in [1.29, 1.82) is 0 Å². The largest absolute Gasteiger partial charge is 0.573 e. The number of hydrogen-bond acceptors (Lipinski definition) is 6. The fourth-order valence-corrected chi connectivity index (χ4v) is 3.17. The number of fused-ring (bicyclic) bond motifs is 1. The molecule has 0 radical (unpaired) electrons. The number of alkyl halides is 3. The van der Waals surface area contributed by atoms with E-state index in [4.69, 9.17) is 0 Å². The predicted octanol–water partition coefficient (Wildman–Crippen LogP) is 3.84. The van der Waals surface area contributed by atoms with Gasteiger partial charge in [-0.05, 0) is 49.7 Å². The molecule has 3 aromatic heterocycles. The minimum atomic E-state index is -4.77. The molecule has 0 fully saturated rings. The molecule has 11 heteroatoms. The lowest BCUT2D eigenvalue weighted by atomic mass is 10.1. The highest BCUT2D eigenvalue weighted by Crippen LogP contribution is 2.27. The smallest absolute Gasteiger partial charge is 0.406 e. The average molecular weight is 430 g/mol. The molecule has 31 heavy (non-hydrogen) atoms. The molecule has 0 aliphatic heterocycles. The normalized spacial score (nSPS) is 11.6. The maximum atomic E-state index is 12.4. The van der Waals surface area contributed by atoms with Crippen molar-refractivity contribution in [2.75, 3.05) is 5.32 Å². The Hall–Kier alpha value is -3.89. The summed E-state index contributed by atoms with van der Waals surface area (Å²) in [5.41, 5.74) is 3.37. The summed E-state index contributed by atoms with van der Waals surface area (Å²) >= 11 is 0. The van der Waals surface area contributed by atoms with Crippen LogP contribution >= 0.6 is 0 Å². The van der Waals surface area contributed by atoms with Crippen LogP contribution in [-0.2, 0) is 6.54 Å². The van der Waals surface area contributed by atoms with Crippen LogP contribution in [0.25, 0.3) is 22.6 Å². The summed E-state index contributed by atoms with van der Waals surface area (Å²) in [4.78, 5) is 31.0. The van der Waals surface area contributed by atoms with Gasteiger partial charge in [-0.15, -0.1) is 13.2 Å². The Balaban J connectivity index is 1.65. The fraction of sp³-hybridized carbons (Fsp3) is 0.200. The van der Waals surface area contributed by atoms with Crippen LogP contribution in [0.1, 0.15) is 16.8 Å². The predicted molar refractivity (Wildman–Crippen MR) is 108 cm³/mol. The molecule has 3 heterocycles. The standard InChI is InChI=1S/C20H17F3N6O2/c1-10-7-11(2)27-19(30)14(10)8-24-17-15-18(26-9-25-15)29-16(28-17)12-3-5-13(6-4-12)31-20(21,22)23/h3-7,9H,8H2,1-2H3,(H,27,30)(H2,24,25,26,28,29). The summed E-state index contributed by atoms with van der Waals surface area (Å²) < 4.78 is 41.0. The Morgan fingerprint density at radius 2 is 1.87 bits per heavy atom. The van der Waals surface area contributed by atoms with Gasteiger partial charge in [0, 0.05) is 23.4 Å². The van der Waals surface area contributed by atoms with E-state index in [1.54, 1.807) is 0 Å². The van der Waals surface area contributed by atoms with Crippen molar-refractivity contribution in [1.82, 2.24) is 24.9 Å². The number of H-pyrrole nitrogens is 2. The number of nitrogens with zero attached hydrogens (tertiary/aromatic N) is 3. The van der Waals surface area contributed by atoms with Gasteiger partial charge in [-0.3, -0.25) is 4.79 Å². The van der Waals surface area contributed by atoms with Gasteiger partial charge in [0.05, 0.1) is 6.33 Å². The van der Waals surface area contributed by atoms with Gasteiger partial charge in [0.2, 0.25) is 0 Å².